The second-order valence-electron chi connectivity index (χ2n) is 11.7. The van der Waals surface area contributed by atoms with E-state index in [1.807, 2.05) is 46.8 Å². The molecule has 5 atom stereocenters. The molecule has 2 amide bonds. The number of nitrogens with two attached hydrogens (primary N) is 1. The number of aliphatic hydroxyl groups excluding tert-OH is 1. The lowest BCUT2D eigenvalue weighted by Gasteiger charge is -2.29. The van der Waals surface area contributed by atoms with E-state index in [0.29, 0.717) is 37.0 Å². The van der Waals surface area contributed by atoms with Crippen molar-refractivity contribution in [1.82, 2.24) is 10.6 Å². The summed E-state index contributed by atoms with van der Waals surface area (Å²) >= 11 is 6.27. The fourth-order valence-corrected chi connectivity index (χ4v) is 4.81. The molecule has 0 spiro atoms. The molecular formula is C34H51ClFN3O6. The number of hydrogen-bond acceptors (Lipinski definition) is 7. The lowest BCUT2D eigenvalue weighted by atomic mass is 9.86. The molecule has 0 saturated heterocycles. The molecule has 9 nitrogen and oxygen atoms in total. The third kappa shape index (κ3) is 13.6. The van der Waals surface area contributed by atoms with Gasteiger partial charge in [0.15, 0.2) is 0 Å². The summed E-state index contributed by atoms with van der Waals surface area (Å²) in [6.45, 7) is 11.8. The van der Waals surface area contributed by atoms with Crippen molar-refractivity contribution < 1.29 is 33.3 Å². The maximum absolute atomic E-state index is 13.4. The Hall–Kier alpha value is -2.76. The second-order valence-corrected chi connectivity index (χ2v) is 12.1. The molecule has 0 radical (unpaired) electrons. The summed E-state index contributed by atoms with van der Waals surface area (Å²) in [6.07, 6.45) is 0.517. The normalized spacial score (nSPS) is 14.8. The Kier molecular flexibility index (Phi) is 17.4. The average Bonchev–Trinajstić information content (AvgIpc) is 3.02. The minimum atomic E-state index is -1.01. The zero-order valence-electron chi connectivity index (χ0n) is 27.2. The Labute approximate surface area is 272 Å². The fraction of sp³-hybridized carbons (Fsp3) is 0.588. The predicted octanol–water partition coefficient (Wildman–Crippen LogP) is 5.00. The summed E-state index contributed by atoms with van der Waals surface area (Å²) < 4.78 is 30.1. The smallest absolute Gasteiger partial charge is 0.243 e. The average molecular weight is 652 g/mol. The Morgan fingerprint density at radius 1 is 1.00 bits per heavy atom. The van der Waals surface area contributed by atoms with Gasteiger partial charge in [0.25, 0.3) is 0 Å². The van der Waals surface area contributed by atoms with Crippen molar-refractivity contribution in [1.29, 1.82) is 0 Å². The monoisotopic (exact) mass is 651 g/mol. The minimum absolute atomic E-state index is 0.0715. The van der Waals surface area contributed by atoms with E-state index >= 15 is 0 Å². The van der Waals surface area contributed by atoms with Crippen LogP contribution in [0.1, 0.15) is 65.0 Å². The molecule has 0 unspecified atom stereocenters. The predicted molar refractivity (Wildman–Crippen MR) is 174 cm³/mol. The van der Waals surface area contributed by atoms with E-state index in [2.05, 4.69) is 10.6 Å². The zero-order chi connectivity index (χ0) is 33.4. The lowest BCUT2D eigenvalue weighted by molar-refractivity contribution is -0.134. The van der Waals surface area contributed by atoms with Crippen molar-refractivity contribution >= 4 is 23.4 Å². The van der Waals surface area contributed by atoms with Gasteiger partial charge in [0.2, 0.25) is 11.8 Å². The maximum atomic E-state index is 13.4. The highest BCUT2D eigenvalue weighted by molar-refractivity contribution is 6.32. The second kappa shape index (κ2) is 20.4. The van der Waals surface area contributed by atoms with Gasteiger partial charge in [-0.15, -0.1) is 0 Å². The van der Waals surface area contributed by atoms with E-state index in [9.17, 15) is 19.1 Å². The van der Waals surface area contributed by atoms with Crippen molar-refractivity contribution in [3.8, 4) is 5.75 Å². The summed E-state index contributed by atoms with van der Waals surface area (Å²) in [5, 5.41) is 17.2. The lowest BCUT2D eigenvalue weighted by Crippen LogP contribution is -2.52. The van der Waals surface area contributed by atoms with Crippen LogP contribution < -0.4 is 21.1 Å². The number of ether oxygens (including phenoxy) is 3. The van der Waals surface area contributed by atoms with Gasteiger partial charge in [-0.3, -0.25) is 9.59 Å². The van der Waals surface area contributed by atoms with E-state index in [1.54, 1.807) is 18.2 Å². The number of aliphatic hydroxyl groups is 1. The molecule has 0 saturated carbocycles. The van der Waals surface area contributed by atoms with E-state index < -0.39 is 24.1 Å². The van der Waals surface area contributed by atoms with Crippen LogP contribution in [0.5, 0.6) is 5.75 Å². The molecule has 2 rings (SSSR count). The van der Waals surface area contributed by atoms with Crippen molar-refractivity contribution in [3.63, 3.8) is 0 Å². The molecule has 0 bridgehead atoms. The number of benzene rings is 2. The van der Waals surface area contributed by atoms with Crippen LogP contribution in [-0.4, -0.2) is 61.5 Å². The van der Waals surface area contributed by atoms with Crippen LogP contribution in [0.3, 0.4) is 0 Å². The van der Waals surface area contributed by atoms with Gasteiger partial charge in [-0.2, -0.15) is 0 Å². The third-order valence-electron chi connectivity index (χ3n) is 7.77. The van der Waals surface area contributed by atoms with E-state index in [-0.39, 0.29) is 55.6 Å². The van der Waals surface area contributed by atoms with Crippen LogP contribution >= 0.6 is 11.6 Å². The highest BCUT2D eigenvalue weighted by Crippen LogP contribution is 2.26. The maximum Gasteiger partial charge on any atom is 0.243 e. The quantitative estimate of drug-likeness (QED) is 0.140. The minimum Gasteiger partial charge on any atom is -0.492 e. The van der Waals surface area contributed by atoms with Crippen LogP contribution in [0.2, 0.25) is 5.02 Å². The first-order chi connectivity index (χ1) is 21.5. The van der Waals surface area contributed by atoms with Crippen LogP contribution in [0.4, 0.5) is 4.39 Å². The topological polar surface area (TPSA) is 132 Å². The number of hydrogen-bond donors (Lipinski definition) is 4. The van der Waals surface area contributed by atoms with Gasteiger partial charge < -0.3 is 35.7 Å². The molecule has 5 N–H and O–H groups in total. The molecule has 252 valence electrons. The molecule has 0 heterocycles. The molecular weight excluding hydrogens is 601 g/mol. The standard InChI is InChI=1S/C34H51ClFN3O6/c1-6-23(5)32(34(42)38-19-24-9-12-26(36)13-10-24)39-33(41)27(22(3)4)18-30(40)29(37)21-44-20-25-11-14-28(35)31(17-25)45-16-8-15-43-7-2/h9-14,17,22-23,27,29-30,32,40H,6-8,15-16,18-21,37H2,1-5H3,(H,38,42)(H,39,41)/t23-,27-,29-,30-,32-/m0/s1. The van der Waals surface area contributed by atoms with Crippen LogP contribution in [0, 0.1) is 23.6 Å². The Bertz CT molecular complexity index is 1170. The van der Waals surface area contributed by atoms with Gasteiger partial charge >= 0.3 is 0 Å². The van der Waals surface area contributed by atoms with Crippen molar-refractivity contribution in [3.05, 3.63) is 64.4 Å². The van der Waals surface area contributed by atoms with E-state index in [0.717, 1.165) is 17.5 Å². The molecule has 2 aromatic rings. The first-order valence-electron chi connectivity index (χ1n) is 15.8. The summed E-state index contributed by atoms with van der Waals surface area (Å²) in [5.41, 5.74) is 7.85. The molecule has 2 aromatic carbocycles. The highest BCUT2D eigenvalue weighted by atomic mass is 35.5. The number of halogens is 2. The van der Waals surface area contributed by atoms with Crippen molar-refractivity contribution in [2.75, 3.05) is 26.4 Å². The molecule has 0 aromatic heterocycles. The first-order valence-corrected chi connectivity index (χ1v) is 16.2. The SMILES string of the molecule is CCOCCCOc1cc(COC[C@H](N)[C@@H](O)C[C@H](C(=O)N[C@H](C(=O)NCc2ccc(F)cc2)[C@@H](C)CC)C(C)C)ccc1Cl. The number of nitrogens with one attached hydrogen (secondary N) is 2. The van der Waals surface area contributed by atoms with Gasteiger partial charge in [-0.05, 0) is 60.6 Å². The van der Waals surface area contributed by atoms with Crippen LogP contribution in [-0.2, 0) is 32.2 Å². The number of amides is 2. The van der Waals surface area contributed by atoms with E-state index in [1.165, 1.54) is 12.1 Å². The molecule has 0 aliphatic rings. The molecule has 11 heteroatoms. The van der Waals surface area contributed by atoms with Gasteiger partial charge in [-0.25, -0.2) is 4.39 Å². The Morgan fingerprint density at radius 3 is 2.33 bits per heavy atom. The fourth-order valence-electron chi connectivity index (χ4n) is 4.64. The summed E-state index contributed by atoms with van der Waals surface area (Å²) in [7, 11) is 0. The van der Waals surface area contributed by atoms with Crippen LogP contribution in [0.25, 0.3) is 0 Å². The number of rotatable bonds is 21. The number of carbonyl (C=O) groups is 2. The summed E-state index contributed by atoms with van der Waals surface area (Å²) in [6, 6.07) is 9.76. The van der Waals surface area contributed by atoms with Gasteiger partial charge in [0.1, 0.15) is 17.6 Å². The van der Waals surface area contributed by atoms with Gasteiger partial charge in [0.05, 0.1) is 37.0 Å². The molecule has 45 heavy (non-hydrogen) atoms. The largest absolute Gasteiger partial charge is 0.492 e. The number of carbonyl (C=O) groups excluding carboxylic acids is 2. The Morgan fingerprint density at radius 2 is 1.69 bits per heavy atom. The zero-order valence-corrected chi connectivity index (χ0v) is 27.9. The summed E-state index contributed by atoms with van der Waals surface area (Å²) in [5.74, 6) is -1.28. The van der Waals surface area contributed by atoms with Gasteiger partial charge in [-0.1, -0.05) is 63.9 Å². The highest BCUT2D eigenvalue weighted by Gasteiger charge is 2.32. The van der Waals surface area contributed by atoms with Crippen molar-refractivity contribution in [2.45, 2.75) is 85.2 Å². The first kappa shape index (κ1) is 38.4. The van der Waals surface area contributed by atoms with E-state index in [4.69, 9.17) is 31.5 Å². The molecule has 0 aliphatic carbocycles. The third-order valence-corrected chi connectivity index (χ3v) is 8.09. The Balaban J connectivity index is 1.91. The molecule has 0 fully saturated rings. The molecule has 0 aliphatic heterocycles. The van der Waals surface area contributed by atoms with Crippen LogP contribution in [0.15, 0.2) is 42.5 Å². The summed E-state index contributed by atoms with van der Waals surface area (Å²) in [4.78, 5) is 26.5. The van der Waals surface area contributed by atoms with Crippen molar-refractivity contribution in [2.24, 2.45) is 23.5 Å². The van der Waals surface area contributed by atoms with Gasteiger partial charge in [0, 0.05) is 32.1 Å².